The molecule has 3 N–H and O–H groups in total. The summed E-state index contributed by atoms with van der Waals surface area (Å²) in [5, 5.41) is 12.9. The Morgan fingerprint density at radius 2 is 1.78 bits per heavy atom. The van der Waals surface area contributed by atoms with Crippen molar-refractivity contribution in [1.82, 2.24) is 20.9 Å². The maximum Gasteiger partial charge on any atom is 0.289 e. The fourth-order valence-corrected chi connectivity index (χ4v) is 7.38. The summed E-state index contributed by atoms with van der Waals surface area (Å²) < 4.78 is 14.2. The van der Waals surface area contributed by atoms with Gasteiger partial charge in [0, 0.05) is 35.9 Å². The summed E-state index contributed by atoms with van der Waals surface area (Å²) in [5.74, 6) is -3.03. The Morgan fingerprint density at radius 1 is 1.06 bits per heavy atom. The first-order valence-corrected chi connectivity index (χ1v) is 18.0. The Kier molecular flexibility index (Phi) is 11.4. The molecule has 49 heavy (non-hydrogen) atoms. The van der Waals surface area contributed by atoms with Crippen molar-refractivity contribution in [2.24, 2.45) is 16.5 Å². The van der Waals surface area contributed by atoms with Crippen molar-refractivity contribution in [3.05, 3.63) is 34.6 Å². The van der Waals surface area contributed by atoms with Crippen molar-refractivity contribution in [1.29, 1.82) is 0 Å². The molecule has 1 aromatic rings. The minimum atomic E-state index is -1.13. The van der Waals surface area contributed by atoms with Crippen LogP contribution in [0.3, 0.4) is 0 Å². The SMILES string of the molecule is CCC[C@H](NC(=O)[C@@H]1CC2(CC(c3cc(F)cc(Cl)c3)=NO2)CN1C(=O)[C@@H](NC(=O)CC1CCCCC1)C(C)(C)C)C(=O)C(=O)NC1CC1. The molecule has 13 heteroatoms. The lowest BCUT2D eigenvalue weighted by Gasteiger charge is -2.36. The summed E-state index contributed by atoms with van der Waals surface area (Å²) in [7, 11) is 0. The van der Waals surface area contributed by atoms with Crippen molar-refractivity contribution in [2.75, 3.05) is 6.54 Å². The van der Waals surface area contributed by atoms with Gasteiger partial charge in [0.15, 0.2) is 5.60 Å². The number of hydrogen-bond acceptors (Lipinski definition) is 7. The van der Waals surface area contributed by atoms with Crippen LogP contribution < -0.4 is 16.0 Å². The van der Waals surface area contributed by atoms with E-state index in [1.807, 2.05) is 27.7 Å². The van der Waals surface area contributed by atoms with Crippen LogP contribution in [0.4, 0.5) is 4.39 Å². The number of carbonyl (C=O) groups is 5. The van der Waals surface area contributed by atoms with Crippen LogP contribution in [0.25, 0.3) is 0 Å². The highest BCUT2D eigenvalue weighted by molar-refractivity contribution is 6.38. The van der Waals surface area contributed by atoms with Gasteiger partial charge in [-0.25, -0.2) is 4.39 Å². The Labute approximate surface area is 292 Å². The molecule has 2 heterocycles. The molecule has 1 spiro atoms. The smallest absolute Gasteiger partial charge is 0.289 e. The van der Waals surface area contributed by atoms with Gasteiger partial charge in [-0.1, -0.05) is 70.1 Å². The molecule has 268 valence electrons. The van der Waals surface area contributed by atoms with Crippen LogP contribution >= 0.6 is 11.6 Å². The Hall–Kier alpha value is -3.54. The molecule has 2 saturated carbocycles. The van der Waals surface area contributed by atoms with Gasteiger partial charge >= 0.3 is 0 Å². The number of benzene rings is 1. The molecule has 2 aliphatic carbocycles. The largest absolute Gasteiger partial charge is 0.387 e. The van der Waals surface area contributed by atoms with Crippen LogP contribution in [0.15, 0.2) is 23.4 Å². The van der Waals surface area contributed by atoms with Crippen molar-refractivity contribution in [3.8, 4) is 0 Å². The van der Waals surface area contributed by atoms with Crippen LogP contribution in [0.1, 0.15) is 110 Å². The Morgan fingerprint density at radius 3 is 2.41 bits per heavy atom. The number of oxime groups is 1. The minimum absolute atomic E-state index is 0.0226. The molecule has 5 rings (SSSR count). The average Bonchev–Trinajstić information content (AvgIpc) is 3.63. The molecule has 4 aliphatic rings. The van der Waals surface area contributed by atoms with E-state index in [4.69, 9.17) is 16.4 Å². The monoisotopic (exact) mass is 701 g/mol. The number of nitrogens with one attached hydrogen (secondary N) is 3. The molecule has 1 saturated heterocycles. The molecule has 2 aliphatic heterocycles. The lowest BCUT2D eigenvalue weighted by molar-refractivity contribution is -0.145. The molecule has 1 aromatic carbocycles. The number of ketones is 1. The summed E-state index contributed by atoms with van der Waals surface area (Å²) in [5.41, 5.74) is -1.01. The van der Waals surface area contributed by atoms with Gasteiger partial charge in [-0.05, 0) is 61.6 Å². The maximum atomic E-state index is 14.5. The number of likely N-dealkylation sites (tertiary alicyclic amines) is 1. The van der Waals surface area contributed by atoms with Crippen LogP contribution in [0, 0.1) is 17.2 Å². The van der Waals surface area contributed by atoms with Gasteiger partial charge in [0.1, 0.15) is 17.9 Å². The van der Waals surface area contributed by atoms with E-state index in [0.29, 0.717) is 24.1 Å². The number of Topliss-reactive ketones (excluding diaryl/α,β-unsaturated/α-hetero) is 1. The molecular formula is C36H49ClFN5O6. The molecule has 1 unspecified atom stereocenters. The van der Waals surface area contributed by atoms with Gasteiger partial charge in [-0.15, -0.1) is 0 Å². The minimum Gasteiger partial charge on any atom is -0.387 e. The van der Waals surface area contributed by atoms with E-state index in [2.05, 4.69) is 21.1 Å². The zero-order chi connectivity index (χ0) is 35.5. The summed E-state index contributed by atoms with van der Waals surface area (Å²) in [6, 6.07) is 0.874. The van der Waals surface area contributed by atoms with Crippen molar-refractivity contribution in [3.63, 3.8) is 0 Å². The van der Waals surface area contributed by atoms with Crippen molar-refractivity contribution in [2.45, 2.75) is 135 Å². The fraction of sp³-hybridized carbons (Fsp3) is 0.667. The summed E-state index contributed by atoms with van der Waals surface area (Å²) >= 11 is 6.11. The fourth-order valence-electron chi connectivity index (χ4n) is 7.16. The highest BCUT2D eigenvalue weighted by Gasteiger charge is 2.55. The maximum absolute atomic E-state index is 14.5. The number of hydrogen-bond donors (Lipinski definition) is 3. The van der Waals surface area contributed by atoms with E-state index >= 15 is 0 Å². The van der Waals surface area contributed by atoms with E-state index in [-0.39, 0.29) is 48.7 Å². The molecule has 0 aromatic heterocycles. The van der Waals surface area contributed by atoms with Gasteiger partial charge in [0.25, 0.3) is 5.91 Å². The molecule has 11 nitrogen and oxygen atoms in total. The van der Waals surface area contributed by atoms with E-state index in [9.17, 15) is 28.4 Å². The normalized spacial score (nSPS) is 23.8. The lowest BCUT2D eigenvalue weighted by atomic mass is 9.84. The summed E-state index contributed by atoms with van der Waals surface area (Å²) in [6.07, 6.45) is 8.18. The molecular weight excluding hydrogens is 653 g/mol. The highest BCUT2D eigenvalue weighted by atomic mass is 35.5. The summed E-state index contributed by atoms with van der Waals surface area (Å²) in [4.78, 5) is 75.2. The second kappa shape index (κ2) is 15.1. The van der Waals surface area contributed by atoms with Gasteiger partial charge in [-0.3, -0.25) is 24.0 Å². The predicted molar refractivity (Wildman–Crippen MR) is 182 cm³/mol. The average molecular weight is 702 g/mol. The van der Waals surface area contributed by atoms with Gasteiger partial charge in [0.05, 0.1) is 18.3 Å². The second-order valence-electron chi connectivity index (χ2n) is 15.4. The predicted octanol–water partition coefficient (Wildman–Crippen LogP) is 4.58. The van der Waals surface area contributed by atoms with Gasteiger partial charge in [0.2, 0.25) is 23.5 Å². The van der Waals surface area contributed by atoms with Gasteiger partial charge in [-0.2, -0.15) is 0 Å². The molecule has 0 radical (unpaired) electrons. The Bertz CT molecular complexity index is 1470. The van der Waals surface area contributed by atoms with Crippen molar-refractivity contribution < 1.29 is 33.2 Å². The quantitative estimate of drug-likeness (QED) is 0.272. The third kappa shape index (κ3) is 9.18. The number of nitrogens with zero attached hydrogens (tertiary/aromatic N) is 2. The molecule has 4 amide bonds. The molecule has 4 atom stereocenters. The molecule has 3 fully saturated rings. The van der Waals surface area contributed by atoms with Crippen molar-refractivity contribution >= 4 is 46.7 Å². The van der Waals surface area contributed by atoms with Crippen LogP contribution in [-0.4, -0.2) is 76.3 Å². The zero-order valence-corrected chi connectivity index (χ0v) is 29.7. The van der Waals surface area contributed by atoms with Crippen LogP contribution in [0.2, 0.25) is 5.02 Å². The standard InChI is InChI=1S/C36H49ClFN5O6/c1-5-9-26(30(45)33(47)39-25-12-13-25)40-32(46)28-19-36(18-27(42-49-36)22-15-23(37)17-24(38)16-22)20-43(28)34(48)31(35(2,3)4)41-29(44)14-21-10-7-6-8-11-21/h15-17,21,25-26,28,31H,5-14,18-20H2,1-4H3,(H,39,47)(H,40,46)(H,41,44)/t26-,28-,31+,36?/m0/s1. The second-order valence-corrected chi connectivity index (χ2v) is 15.8. The van der Waals surface area contributed by atoms with E-state index in [1.54, 1.807) is 6.07 Å². The first kappa shape index (κ1) is 36.7. The first-order valence-electron chi connectivity index (χ1n) is 17.6. The Balaban J connectivity index is 1.39. The first-order chi connectivity index (χ1) is 23.2. The number of halogens is 2. The van der Waals surface area contributed by atoms with Gasteiger partial charge < -0.3 is 25.7 Å². The lowest BCUT2D eigenvalue weighted by Crippen LogP contribution is -2.59. The molecule has 0 bridgehead atoms. The highest BCUT2D eigenvalue weighted by Crippen LogP contribution is 2.40. The topological polar surface area (TPSA) is 146 Å². The number of rotatable bonds is 12. The van der Waals surface area contributed by atoms with E-state index < -0.39 is 58.5 Å². The summed E-state index contributed by atoms with van der Waals surface area (Å²) in [6.45, 7) is 7.37. The van der Waals surface area contributed by atoms with E-state index in [0.717, 1.165) is 44.9 Å². The number of carbonyl (C=O) groups excluding carboxylic acids is 5. The zero-order valence-electron chi connectivity index (χ0n) is 28.9. The van der Waals surface area contributed by atoms with Crippen LogP contribution in [0.5, 0.6) is 0 Å². The third-order valence-corrected chi connectivity index (χ3v) is 10.2. The van der Waals surface area contributed by atoms with E-state index in [1.165, 1.54) is 17.0 Å². The third-order valence-electron chi connectivity index (χ3n) is 9.98. The number of amides is 4. The van der Waals surface area contributed by atoms with Crippen LogP contribution in [-0.2, 0) is 28.8 Å².